The van der Waals surface area contributed by atoms with Crippen molar-refractivity contribution in [3.63, 3.8) is 0 Å². The van der Waals surface area contributed by atoms with Gasteiger partial charge in [0.05, 0.1) is 47.1 Å². The number of ether oxygens (including phenoxy) is 1. The van der Waals surface area contributed by atoms with Crippen LogP contribution in [0.15, 0.2) is 41.2 Å². The summed E-state index contributed by atoms with van der Waals surface area (Å²) in [6.07, 6.45) is 1.80. The van der Waals surface area contributed by atoms with E-state index in [4.69, 9.17) is 10.5 Å². The standard InChI is InChI=1S/C28H34N6O3/c1-18-14-33(15-19(2)37-18)27(35)22-11-24-26(25(12-22)32-10-6-9-23(30)17-32)34(28(36)31(24)3)16-21-8-5-4-7-20(21)13-29/h4-5,7-8,11-12,18-19,23H,6,9-10,14-17,30H2,1-3H3/t18?,19?,23-/m1/s1. The van der Waals surface area contributed by atoms with Crippen LogP contribution in [-0.4, -0.2) is 64.4 Å². The first-order valence-electron chi connectivity index (χ1n) is 12.9. The number of carbonyl (C=O) groups excluding carboxylic acids is 1. The summed E-state index contributed by atoms with van der Waals surface area (Å²) in [6.45, 7) is 6.70. The van der Waals surface area contributed by atoms with E-state index in [2.05, 4.69) is 11.0 Å². The normalized spacial score (nSPS) is 22.3. The minimum absolute atomic E-state index is 0.0206. The second-order valence-corrected chi connectivity index (χ2v) is 10.4. The smallest absolute Gasteiger partial charge is 0.329 e. The number of anilines is 1. The molecule has 3 atom stereocenters. The Hall–Kier alpha value is -3.61. The van der Waals surface area contributed by atoms with Crippen LogP contribution in [0.4, 0.5) is 5.69 Å². The number of hydrogen-bond donors (Lipinski definition) is 1. The lowest BCUT2D eigenvalue weighted by Crippen LogP contribution is -2.48. The Morgan fingerprint density at radius 2 is 1.89 bits per heavy atom. The topological polar surface area (TPSA) is 110 Å². The lowest BCUT2D eigenvalue weighted by Gasteiger charge is -2.36. The van der Waals surface area contributed by atoms with Crippen molar-refractivity contribution in [1.82, 2.24) is 14.0 Å². The highest BCUT2D eigenvalue weighted by Gasteiger charge is 2.29. The molecule has 0 aliphatic carbocycles. The Morgan fingerprint density at radius 1 is 1.16 bits per heavy atom. The number of nitrogens with zero attached hydrogens (tertiary/aromatic N) is 5. The van der Waals surface area contributed by atoms with Crippen molar-refractivity contribution < 1.29 is 9.53 Å². The lowest BCUT2D eigenvalue weighted by molar-refractivity contribution is -0.0586. The Labute approximate surface area is 216 Å². The Balaban J connectivity index is 1.67. The number of aryl methyl sites for hydroxylation is 1. The zero-order valence-corrected chi connectivity index (χ0v) is 21.7. The molecule has 2 aliphatic rings. The fraction of sp³-hybridized carbons (Fsp3) is 0.464. The number of morpholine rings is 1. The first kappa shape index (κ1) is 25.1. The molecular formula is C28H34N6O3. The molecular weight excluding hydrogens is 468 g/mol. The summed E-state index contributed by atoms with van der Waals surface area (Å²) in [7, 11) is 1.73. The summed E-state index contributed by atoms with van der Waals surface area (Å²) in [4.78, 5) is 31.3. The number of carbonyl (C=O) groups is 1. The fourth-order valence-electron chi connectivity index (χ4n) is 5.72. The molecule has 0 bridgehead atoms. The minimum Gasteiger partial charge on any atom is -0.372 e. The van der Waals surface area contributed by atoms with Gasteiger partial charge in [-0.25, -0.2) is 4.79 Å². The van der Waals surface area contributed by atoms with Crippen molar-refractivity contribution in [3.8, 4) is 6.07 Å². The Kier molecular flexibility index (Phi) is 6.80. The van der Waals surface area contributed by atoms with E-state index < -0.39 is 0 Å². The first-order valence-corrected chi connectivity index (χ1v) is 12.9. The van der Waals surface area contributed by atoms with Gasteiger partial charge in [-0.2, -0.15) is 5.26 Å². The van der Waals surface area contributed by atoms with Gasteiger partial charge in [-0.15, -0.1) is 0 Å². The highest BCUT2D eigenvalue weighted by atomic mass is 16.5. The van der Waals surface area contributed by atoms with Crippen molar-refractivity contribution in [2.45, 2.75) is 51.5 Å². The highest BCUT2D eigenvalue weighted by molar-refractivity contribution is 6.02. The van der Waals surface area contributed by atoms with Crippen LogP contribution in [0, 0.1) is 11.3 Å². The molecule has 1 aromatic heterocycles. The minimum atomic E-state index is -0.191. The second-order valence-electron chi connectivity index (χ2n) is 10.4. The fourth-order valence-corrected chi connectivity index (χ4v) is 5.72. The third kappa shape index (κ3) is 4.75. The summed E-state index contributed by atoms with van der Waals surface area (Å²) in [6, 6.07) is 13.3. The van der Waals surface area contributed by atoms with E-state index in [1.54, 1.807) is 22.2 Å². The molecule has 2 aliphatic heterocycles. The van der Waals surface area contributed by atoms with E-state index >= 15 is 0 Å². The van der Waals surface area contributed by atoms with E-state index in [1.807, 2.05) is 49.1 Å². The molecule has 3 heterocycles. The first-order chi connectivity index (χ1) is 17.8. The van der Waals surface area contributed by atoms with E-state index in [9.17, 15) is 14.9 Å². The van der Waals surface area contributed by atoms with Crippen molar-refractivity contribution >= 4 is 22.6 Å². The quantitative estimate of drug-likeness (QED) is 0.587. The van der Waals surface area contributed by atoms with E-state index in [0.29, 0.717) is 36.3 Å². The summed E-state index contributed by atoms with van der Waals surface area (Å²) in [5.74, 6) is -0.0681. The number of aromatic nitrogens is 2. The number of amides is 1. The molecule has 9 heteroatoms. The largest absolute Gasteiger partial charge is 0.372 e. The number of fused-ring (bicyclic) bond motifs is 1. The Bertz CT molecular complexity index is 1420. The molecule has 0 saturated carbocycles. The average molecular weight is 503 g/mol. The summed E-state index contributed by atoms with van der Waals surface area (Å²) in [5, 5.41) is 9.61. The van der Waals surface area contributed by atoms with Gasteiger partial charge >= 0.3 is 5.69 Å². The highest BCUT2D eigenvalue weighted by Crippen LogP contribution is 2.32. The van der Waals surface area contributed by atoms with Gasteiger partial charge in [0.25, 0.3) is 5.91 Å². The maximum absolute atomic E-state index is 13.7. The monoisotopic (exact) mass is 502 g/mol. The number of rotatable bonds is 4. The molecule has 0 radical (unpaired) electrons. The van der Waals surface area contributed by atoms with Crippen LogP contribution in [-0.2, 0) is 18.3 Å². The van der Waals surface area contributed by atoms with Gasteiger partial charge in [0.2, 0.25) is 0 Å². The summed E-state index contributed by atoms with van der Waals surface area (Å²) >= 11 is 0. The molecule has 37 heavy (non-hydrogen) atoms. The molecule has 2 unspecified atom stereocenters. The predicted octanol–water partition coefficient (Wildman–Crippen LogP) is 2.44. The zero-order chi connectivity index (χ0) is 26.3. The van der Waals surface area contributed by atoms with Gasteiger partial charge in [0, 0.05) is 44.8 Å². The van der Waals surface area contributed by atoms with Crippen LogP contribution in [0.2, 0.25) is 0 Å². The summed E-state index contributed by atoms with van der Waals surface area (Å²) in [5.41, 5.74) is 10.3. The van der Waals surface area contributed by atoms with E-state index in [1.165, 1.54) is 0 Å². The molecule has 1 amide bonds. The van der Waals surface area contributed by atoms with Crippen LogP contribution in [0.5, 0.6) is 0 Å². The molecule has 9 nitrogen and oxygen atoms in total. The molecule has 3 aromatic rings. The maximum atomic E-state index is 13.7. The third-order valence-electron chi connectivity index (χ3n) is 7.44. The van der Waals surface area contributed by atoms with E-state index in [0.717, 1.165) is 36.2 Å². The summed E-state index contributed by atoms with van der Waals surface area (Å²) < 4.78 is 9.14. The number of piperidine rings is 1. The average Bonchev–Trinajstić information content (AvgIpc) is 3.12. The van der Waals surface area contributed by atoms with Gasteiger partial charge in [-0.3, -0.25) is 13.9 Å². The van der Waals surface area contributed by atoms with E-state index in [-0.39, 0.29) is 36.4 Å². The van der Waals surface area contributed by atoms with Crippen molar-refractivity contribution in [3.05, 3.63) is 63.6 Å². The molecule has 2 fully saturated rings. The molecule has 5 rings (SSSR count). The number of benzene rings is 2. The number of imidazole rings is 1. The Morgan fingerprint density at radius 3 is 2.59 bits per heavy atom. The SMILES string of the molecule is CC1CN(C(=O)c2cc(N3CCC[C@@H](N)C3)c3c(c2)n(C)c(=O)n3Cc2ccccc2C#N)CC(C)O1. The lowest BCUT2D eigenvalue weighted by atomic mass is 10.0. The van der Waals surface area contributed by atoms with Gasteiger partial charge in [-0.1, -0.05) is 18.2 Å². The predicted molar refractivity (Wildman–Crippen MR) is 143 cm³/mol. The van der Waals surface area contributed by atoms with Gasteiger partial charge in [0.15, 0.2) is 0 Å². The van der Waals surface area contributed by atoms with Crippen LogP contribution in [0.3, 0.4) is 0 Å². The van der Waals surface area contributed by atoms with Crippen LogP contribution in [0.25, 0.3) is 11.0 Å². The number of hydrogen-bond acceptors (Lipinski definition) is 6. The van der Waals surface area contributed by atoms with Crippen molar-refractivity contribution in [1.29, 1.82) is 5.26 Å². The number of nitrogens with two attached hydrogens (primary N) is 1. The van der Waals surface area contributed by atoms with Crippen LogP contribution in [0.1, 0.15) is 48.2 Å². The molecule has 194 valence electrons. The molecule has 2 saturated heterocycles. The third-order valence-corrected chi connectivity index (χ3v) is 7.44. The van der Waals surface area contributed by atoms with Gasteiger partial charge in [-0.05, 0) is 50.5 Å². The molecule has 0 spiro atoms. The molecule has 2 aromatic carbocycles. The van der Waals surface area contributed by atoms with Gasteiger partial charge in [0.1, 0.15) is 0 Å². The van der Waals surface area contributed by atoms with Crippen LogP contribution >= 0.6 is 0 Å². The van der Waals surface area contributed by atoms with Crippen LogP contribution < -0.4 is 16.3 Å². The maximum Gasteiger partial charge on any atom is 0.329 e. The van der Waals surface area contributed by atoms with Crippen molar-refractivity contribution in [2.75, 3.05) is 31.1 Å². The zero-order valence-electron chi connectivity index (χ0n) is 21.7. The molecule has 2 N–H and O–H groups in total. The second kappa shape index (κ2) is 10.0. The van der Waals surface area contributed by atoms with Gasteiger partial charge < -0.3 is 20.3 Å². The van der Waals surface area contributed by atoms with Crippen molar-refractivity contribution in [2.24, 2.45) is 12.8 Å². The number of nitriles is 1.